The number of hydrogen-bond acceptors (Lipinski definition) is 2. The van der Waals surface area contributed by atoms with Crippen LogP contribution in [0.5, 0.6) is 11.5 Å². The van der Waals surface area contributed by atoms with Gasteiger partial charge in [-0.05, 0) is 49.4 Å². The molecule has 0 aliphatic carbocycles. The smallest absolute Gasteiger partial charge is 0.128 e. The van der Waals surface area contributed by atoms with E-state index >= 15 is 0 Å². The van der Waals surface area contributed by atoms with Crippen LogP contribution in [0.3, 0.4) is 0 Å². The minimum absolute atomic E-state index is 0.251. The fourth-order valence-electron chi connectivity index (χ4n) is 2.48. The van der Waals surface area contributed by atoms with E-state index in [2.05, 4.69) is 4.57 Å². The van der Waals surface area contributed by atoms with Gasteiger partial charge in [-0.3, -0.25) is 0 Å². The molecule has 0 unspecified atom stereocenters. The first-order chi connectivity index (χ1) is 10.2. The molecule has 3 aromatic rings. The van der Waals surface area contributed by atoms with Crippen molar-refractivity contribution in [3.05, 3.63) is 60.0 Å². The Hall–Kier alpha value is -2.49. The summed E-state index contributed by atoms with van der Waals surface area (Å²) in [5, 5.41) is 10.7. The number of aromatic hydroxyl groups is 1. The molecular weight excluding hydrogens is 269 g/mol. The Bertz CT molecular complexity index is 762. The highest BCUT2D eigenvalue weighted by Crippen LogP contribution is 2.25. The monoisotopic (exact) mass is 285 g/mol. The second-order valence-corrected chi connectivity index (χ2v) is 4.87. The summed E-state index contributed by atoms with van der Waals surface area (Å²) in [5.74, 6) is 0.606. The van der Waals surface area contributed by atoms with Crippen LogP contribution in [0.15, 0.2) is 48.5 Å². The van der Waals surface area contributed by atoms with Crippen LogP contribution >= 0.6 is 0 Å². The zero-order chi connectivity index (χ0) is 14.8. The zero-order valence-electron chi connectivity index (χ0n) is 11.7. The van der Waals surface area contributed by atoms with Crippen molar-refractivity contribution < 1.29 is 14.2 Å². The molecule has 1 aromatic heterocycles. The molecule has 0 bridgehead atoms. The number of benzene rings is 2. The normalized spacial score (nSPS) is 11.0. The van der Waals surface area contributed by atoms with Crippen LogP contribution in [0.25, 0.3) is 10.9 Å². The van der Waals surface area contributed by atoms with Crippen molar-refractivity contribution in [2.24, 2.45) is 0 Å². The van der Waals surface area contributed by atoms with Crippen LogP contribution in [0.2, 0.25) is 0 Å². The number of aromatic nitrogens is 1. The maximum atomic E-state index is 12.9. The van der Waals surface area contributed by atoms with Crippen molar-refractivity contribution in [2.75, 3.05) is 0 Å². The van der Waals surface area contributed by atoms with Gasteiger partial charge in [0.05, 0.1) is 11.2 Å². The first-order valence-corrected chi connectivity index (χ1v) is 6.87. The molecule has 0 spiro atoms. The lowest BCUT2D eigenvalue weighted by molar-refractivity contribution is 0.295. The maximum Gasteiger partial charge on any atom is 0.128 e. The lowest BCUT2D eigenvalue weighted by atomic mass is 10.2. The van der Waals surface area contributed by atoms with Crippen molar-refractivity contribution in [2.45, 2.75) is 20.1 Å². The molecule has 0 saturated carbocycles. The van der Waals surface area contributed by atoms with Crippen molar-refractivity contribution in [1.29, 1.82) is 0 Å². The van der Waals surface area contributed by atoms with Gasteiger partial charge in [0.25, 0.3) is 0 Å². The molecule has 0 aliphatic rings. The number of nitrogens with zero attached hydrogens (tertiary/aromatic N) is 1. The first kappa shape index (κ1) is 13.5. The molecule has 108 valence electrons. The van der Waals surface area contributed by atoms with Crippen LogP contribution in [-0.4, -0.2) is 9.67 Å². The molecule has 0 amide bonds. The SMILES string of the molecule is CCn1c(COc2ccc(F)cc2)cc2ccc(O)cc21. The molecule has 1 N–H and O–H groups in total. The van der Waals surface area contributed by atoms with E-state index < -0.39 is 0 Å². The predicted octanol–water partition coefficient (Wildman–Crippen LogP) is 4.08. The van der Waals surface area contributed by atoms with Gasteiger partial charge < -0.3 is 14.4 Å². The van der Waals surface area contributed by atoms with Crippen molar-refractivity contribution >= 4 is 10.9 Å². The second kappa shape index (κ2) is 5.48. The topological polar surface area (TPSA) is 34.4 Å². The fraction of sp³-hybridized carbons (Fsp3) is 0.176. The lowest BCUT2D eigenvalue weighted by Crippen LogP contribution is -2.04. The minimum Gasteiger partial charge on any atom is -0.508 e. The highest BCUT2D eigenvalue weighted by atomic mass is 19.1. The summed E-state index contributed by atoms with van der Waals surface area (Å²) in [6, 6.07) is 13.3. The Kier molecular flexibility index (Phi) is 3.52. The molecule has 2 aromatic carbocycles. The summed E-state index contributed by atoms with van der Waals surface area (Å²) in [4.78, 5) is 0. The molecule has 3 rings (SSSR count). The molecule has 4 heteroatoms. The van der Waals surface area contributed by atoms with Crippen molar-refractivity contribution in [3.63, 3.8) is 0 Å². The van der Waals surface area contributed by atoms with Crippen molar-refractivity contribution in [3.8, 4) is 11.5 Å². The summed E-state index contributed by atoms with van der Waals surface area (Å²) < 4.78 is 20.7. The molecule has 0 fully saturated rings. The molecule has 0 atom stereocenters. The maximum absolute atomic E-state index is 12.9. The summed E-state index contributed by atoms with van der Waals surface area (Å²) in [5.41, 5.74) is 2.00. The Morgan fingerprint density at radius 3 is 2.57 bits per heavy atom. The van der Waals surface area contributed by atoms with E-state index in [0.717, 1.165) is 23.1 Å². The summed E-state index contributed by atoms with van der Waals surface area (Å²) in [6.45, 7) is 3.23. The van der Waals surface area contributed by atoms with E-state index in [0.29, 0.717) is 12.4 Å². The number of hydrogen-bond donors (Lipinski definition) is 1. The number of phenols is 1. The van der Waals surface area contributed by atoms with E-state index in [4.69, 9.17) is 4.74 Å². The number of rotatable bonds is 4. The van der Waals surface area contributed by atoms with Crippen molar-refractivity contribution in [1.82, 2.24) is 4.57 Å². The number of phenolic OH excluding ortho intramolecular Hbond substituents is 1. The van der Waals surface area contributed by atoms with E-state index in [1.54, 1.807) is 24.3 Å². The van der Waals surface area contributed by atoms with Gasteiger partial charge in [-0.15, -0.1) is 0 Å². The van der Waals surface area contributed by atoms with E-state index in [9.17, 15) is 9.50 Å². The highest BCUT2D eigenvalue weighted by molar-refractivity contribution is 5.82. The van der Waals surface area contributed by atoms with E-state index in [1.165, 1.54) is 12.1 Å². The van der Waals surface area contributed by atoms with E-state index in [1.807, 2.05) is 19.1 Å². The average molecular weight is 285 g/mol. The number of halogens is 1. The van der Waals surface area contributed by atoms with Gasteiger partial charge in [0.2, 0.25) is 0 Å². The van der Waals surface area contributed by atoms with Gasteiger partial charge in [-0.25, -0.2) is 4.39 Å². The molecule has 21 heavy (non-hydrogen) atoms. The Labute approximate surface area is 122 Å². The molecule has 1 heterocycles. The third-order valence-electron chi connectivity index (χ3n) is 3.49. The summed E-state index contributed by atoms with van der Waals surface area (Å²) >= 11 is 0. The van der Waals surface area contributed by atoms with Gasteiger partial charge >= 0.3 is 0 Å². The minimum atomic E-state index is -0.277. The van der Waals surface area contributed by atoms with Gasteiger partial charge in [0.15, 0.2) is 0 Å². The summed E-state index contributed by atoms with van der Waals surface area (Å²) in [6.07, 6.45) is 0. The predicted molar refractivity (Wildman–Crippen MR) is 80.0 cm³/mol. The van der Waals surface area contributed by atoms with Gasteiger partial charge in [-0.2, -0.15) is 0 Å². The number of ether oxygens (including phenoxy) is 1. The molecule has 0 aliphatic heterocycles. The zero-order valence-corrected chi connectivity index (χ0v) is 11.7. The summed E-state index contributed by atoms with van der Waals surface area (Å²) in [7, 11) is 0. The highest BCUT2D eigenvalue weighted by Gasteiger charge is 2.09. The Morgan fingerprint density at radius 2 is 1.86 bits per heavy atom. The largest absolute Gasteiger partial charge is 0.508 e. The average Bonchev–Trinajstić information content (AvgIpc) is 2.83. The van der Waals surface area contributed by atoms with Crippen LogP contribution in [-0.2, 0) is 13.2 Å². The van der Waals surface area contributed by atoms with Crippen LogP contribution in [0.1, 0.15) is 12.6 Å². The molecule has 0 radical (unpaired) electrons. The fourth-order valence-corrected chi connectivity index (χ4v) is 2.48. The van der Waals surface area contributed by atoms with Crippen LogP contribution in [0.4, 0.5) is 4.39 Å². The standard InChI is InChI=1S/C17H16FNO2/c1-2-19-14(9-12-3-6-15(20)10-17(12)19)11-21-16-7-4-13(18)5-8-16/h3-10,20H,2,11H2,1H3. The number of fused-ring (bicyclic) bond motifs is 1. The molecule has 0 saturated heterocycles. The Balaban J connectivity index is 1.88. The third kappa shape index (κ3) is 2.70. The van der Waals surface area contributed by atoms with Gasteiger partial charge in [0, 0.05) is 18.0 Å². The molecular formula is C17H16FNO2. The van der Waals surface area contributed by atoms with E-state index in [-0.39, 0.29) is 11.6 Å². The first-order valence-electron chi connectivity index (χ1n) is 6.87. The lowest BCUT2D eigenvalue weighted by Gasteiger charge is -2.10. The third-order valence-corrected chi connectivity index (χ3v) is 3.49. The van der Waals surface area contributed by atoms with Gasteiger partial charge in [-0.1, -0.05) is 0 Å². The Morgan fingerprint density at radius 1 is 1.10 bits per heavy atom. The van der Waals surface area contributed by atoms with Crippen LogP contribution in [0, 0.1) is 5.82 Å². The number of aryl methyl sites for hydroxylation is 1. The van der Waals surface area contributed by atoms with Gasteiger partial charge in [0.1, 0.15) is 23.9 Å². The second-order valence-electron chi connectivity index (χ2n) is 4.87. The quantitative estimate of drug-likeness (QED) is 0.783. The van der Waals surface area contributed by atoms with Crippen LogP contribution < -0.4 is 4.74 Å². The molecule has 3 nitrogen and oxygen atoms in total.